The quantitative estimate of drug-likeness (QED) is 0.919. The van der Waals surface area contributed by atoms with Gasteiger partial charge in [0, 0.05) is 30.1 Å². The van der Waals surface area contributed by atoms with Crippen molar-refractivity contribution in [2.45, 2.75) is 25.1 Å². The van der Waals surface area contributed by atoms with Crippen molar-refractivity contribution in [1.29, 1.82) is 0 Å². The molecule has 1 aromatic rings. The number of halogens is 2. The zero-order valence-electron chi connectivity index (χ0n) is 11.6. The molecular weight excluding hydrogens is 266 g/mol. The Balaban J connectivity index is 2.29. The predicted molar refractivity (Wildman–Crippen MR) is 77.9 cm³/mol. The molecule has 0 saturated carbocycles. The molecule has 19 heavy (non-hydrogen) atoms. The second kappa shape index (κ2) is 5.67. The minimum Gasteiger partial charge on any atom is -0.365 e. The van der Waals surface area contributed by atoms with Gasteiger partial charge in [-0.3, -0.25) is 0 Å². The lowest BCUT2D eigenvalue weighted by Gasteiger charge is -2.39. The number of hydrogen-bond acceptors (Lipinski definition) is 3. The van der Waals surface area contributed by atoms with Crippen LogP contribution < -0.4 is 10.2 Å². The summed E-state index contributed by atoms with van der Waals surface area (Å²) in [5, 5.41) is 2.90. The molecule has 1 fully saturated rings. The molecule has 0 spiro atoms. The standard InChI is InChI=1S/C14H20F2N2S/c1-14(2)9-18(4-5-19-14)13-11(15)6-10(8-17-3)7-12(13)16/h6-7,17H,4-5,8-9H2,1-3H3. The monoisotopic (exact) mass is 286 g/mol. The third kappa shape index (κ3) is 3.39. The molecule has 0 aromatic heterocycles. The molecule has 0 aliphatic carbocycles. The second-order valence-electron chi connectivity index (χ2n) is 5.47. The maximum Gasteiger partial charge on any atom is 0.149 e. The van der Waals surface area contributed by atoms with Gasteiger partial charge < -0.3 is 10.2 Å². The van der Waals surface area contributed by atoms with Crippen molar-refractivity contribution >= 4 is 17.4 Å². The van der Waals surface area contributed by atoms with E-state index in [0.717, 1.165) is 5.75 Å². The molecule has 1 aromatic carbocycles. The molecule has 0 unspecified atom stereocenters. The molecule has 0 radical (unpaired) electrons. The Kier molecular flexibility index (Phi) is 4.36. The van der Waals surface area contributed by atoms with Gasteiger partial charge >= 0.3 is 0 Å². The van der Waals surface area contributed by atoms with E-state index in [9.17, 15) is 8.78 Å². The van der Waals surface area contributed by atoms with E-state index in [-0.39, 0.29) is 10.4 Å². The maximum absolute atomic E-state index is 14.2. The van der Waals surface area contributed by atoms with E-state index in [0.29, 0.717) is 25.2 Å². The van der Waals surface area contributed by atoms with Crippen molar-refractivity contribution in [3.8, 4) is 0 Å². The van der Waals surface area contributed by atoms with Gasteiger partial charge in [-0.25, -0.2) is 8.78 Å². The molecule has 2 rings (SSSR count). The van der Waals surface area contributed by atoms with Crippen molar-refractivity contribution in [1.82, 2.24) is 5.32 Å². The number of nitrogens with zero attached hydrogens (tertiary/aromatic N) is 1. The Morgan fingerprint density at radius 2 is 1.95 bits per heavy atom. The molecular formula is C14H20F2N2S. The molecule has 1 aliphatic heterocycles. The molecule has 0 amide bonds. The topological polar surface area (TPSA) is 15.3 Å². The first-order chi connectivity index (χ1) is 8.93. The van der Waals surface area contributed by atoms with Crippen molar-refractivity contribution < 1.29 is 8.78 Å². The van der Waals surface area contributed by atoms with Gasteiger partial charge in [-0.05, 0) is 38.6 Å². The molecule has 5 heteroatoms. The van der Waals surface area contributed by atoms with Crippen LogP contribution in [0.5, 0.6) is 0 Å². The fraction of sp³-hybridized carbons (Fsp3) is 0.571. The van der Waals surface area contributed by atoms with Gasteiger partial charge in [0.25, 0.3) is 0 Å². The number of rotatable bonds is 3. The Labute approximate surface area is 117 Å². The molecule has 1 aliphatic rings. The Morgan fingerprint density at radius 1 is 1.32 bits per heavy atom. The number of thioether (sulfide) groups is 1. The molecule has 1 heterocycles. The summed E-state index contributed by atoms with van der Waals surface area (Å²) < 4.78 is 28.3. The molecule has 2 nitrogen and oxygen atoms in total. The Hall–Kier alpha value is -0.810. The van der Waals surface area contributed by atoms with Gasteiger partial charge in [0.2, 0.25) is 0 Å². The van der Waals surface area contributed by atoms with Crippen LogP contribution in [-0.2, 0) is 6.54 Å². The predicted octanol–water partition coefficient (Wildman–Crippen LogP) is 3.02. The minimum absolute atomic E-state index is 0.0285. The lowest BCUT2D eigenvalue weighted by molar-refractivity contribution is 0.553. The highest BCUT2D eigenvalue weighted by Gasteiger charge is 2.30. The van der Waals surface area contributed by atoms with Crippen LogP contribution in [0.1, 0.15) is 19.4 Å². The number of benzene rings is 1. The maximum atomic E-state index is 14.2. The zero-order chi connectivity index (χ0) is 14.0. The summed E-state index contributed by atoms with van der Waals surface area (Å²) in [4.78, 5) is 1.82. The molecule has 0 atom stereocenters. The van der Waals surface area contributed by atoms with Crippen LogP contribution in [0.4, 0.5) is 14.5 Å². The van der Waals surface area contributed by atoms with Crippen LogP contribution in [0, 0.1) is 11.6 Å². The first-order valence-electron chi connectivity index (χ1n) is 6.44. The van der Waals surface area contributed by atoms with Crippen molar-refractivity contribution in [2.75, 3.05) is 30.8 Å². The second-order valence-corrected chi connectivity index (χ2v) is 7.27. The number of nitrogens with one attached hydrogen (secondary N) is 1. The van der Waals surface area contributed by atoms with Gasteiger partial charge in [-0.2, -0.15) is 11.8 Å². The fourth-order valence-electron chi connectivity index (χ4n) is 2.43. The summed E-state index contributed by atoms with van der Waals surface area (Å²) in [5.74, 6) is -0.0367. The Morgan fingerprint density at radius 3 is 2.47 bits per heavy atom. The van der Waals surface area contributed by atoms with E-state index >= 15 is 0 Å². The van der Waals surface area contributed by atoms with Crippen LogP contribution in [0.15, 0.2) is 12.1 Å². The highest BCUT2D eigenvalue weighted by Crippen LogP contribution is 2.34. The van der Waals surface area contributed by atoms with E-state index in [1.807, 2.05) is 16.7 Å². The summed E-state index contributed by atoms with van der Waals surface area (Å²) >= 11 is 1.85. The summed E-state index contributed by atoms with van der Waals surface area (Å²) in [5.41, 5.74) is 0.750. The van der Waals surface area contributed by atoms with Gasteiger partial charge in [0.05, 0.1) is 0 Å². The summed E-state index contributed by atoms with van der Waals surface area (Å²) in [6.07, 6.45) is 0. The van der Waals surface area contributed by atoms with Crippen LogP contribution in [0.3, 0.4) is 0 Å². The smallest absolute Gasteiger partial charge is 0.149 e. The first-order valence-corrected chi connectivity index (χ1v) is 7.43. The van der Waals surface area contributed by atoms with Crippen LogP contribution in [0.25, 0.3) is 0 Å². The average molecular weight is 286 g/mol. The first kappa shape index (κ1) is 14.6. The molecule has 0 bridgehead atoms. The number of anilines is 1. The highest BCUT2D eigenvalue weighted by atomic mass is 32.2. The zero-order valence-corrected chi connectivity index (χ0v) is 12.4. The molecule has 106 valence electrons. The lowest BCUT2D eigenvalue weighted by Crippen LogP contribution is -2.44. The van der Waals surface area contributed by atoms with Gasteiger partial charge in [-0.15, -0.1) is 0 Å². The van der Waals surface area contributed by atoms with Crippen LogP contribution in [0.2, 0.25) is 0 Å². The Bertz CT molecular complexity index is 440. The van der Waals surface area contributed by atoms with E-state index in [4.69, 9.17) is 0 Å². The lowest BCUT2D eigenvalue weighted by atomic mass is 10.1. The van der Waals surface area contributed by atoms with E-state index in [1.54, 1.807) is 7.05 Å². The number of hydrogen-bond donors (Lipinski definition) is 1. The average Bonchev–Trinajstić information content (AvgIpc) is 2.27. The van der Waals surface area contributed by atoms with Crippen molar-refractivity contribution in [3.63, 3.8) is 0 Å². The van der Waals surface area contributed by atoms with Gasteiger partial charge in [0.15, 0.2) is 0 Å². The largest absolute Gasteiger partial charge is 0.365 e. The van der Waals surface area contributed by atoms with E-state index in [2.05, 4.69) is 19.2 Å². The fourth-order valence-corrected chi connectivity index (χ4v) is 3.55. The molecule has 1 saturated heterocycles. The minimum atomic E-state index is -0.465. The summed E-state index contributed by atoms with van der Waals surface area (Å²) in [6, 6.07) is 2.84. The third-order valence-electron chi connectivity index (χ3n) is 3.20. The molecule has 1 N–H and O–H groups in total. The summed E-state index contributed by atoms with van der Waals surface area (Å²) in [7, 11) is 1.76. The van der Waals surface area contributed by atoms with Crippen LogP contribution in [-0.4, -0.2) is 30.6 Å². The van der Waals surface area contributed by atoms with Crippen LogP contribution >= 0.6 is 11.8 Å². The third-order valence-corrected chi connectivity index (χ3v) is 4.50. The van der Waals surface area contributed by atoms with E-state index < -0.39 is 11.6 Å². The van der Waals surface area contributed by atoms with Crippen molar-refractivity contribution in [2.24, 2.45) is 0 Å². The van der Waals surface area contributed by atoms with E-state index in [1.165, 1.54) is 12.1 Å². The van der Waals surface area contributed by atoms with Crippen molar-refractivity contribution in [3.05, 3.63) is 29.3 Å². The van der Waals surface area contributed by atoms with Gasteiger partial charge in [-0.1, -0.05) is 0 Å². The normalized spacial score (nSPS) is 18.7. The van der Waals surface area contributed by atoms with Gasteiger partial charge in [0.1, 0.15) is 17.3 Å². The SMILES string of the molecule is CNCc1cc(F)c(N2CCSC(C)(C)C2)c(F)c1. The highest BCUT2D eigenvalue weighted by molar-refractivity contribution is 8.00. The summed E-state index contributed by atoms with van der Waals surface area (Å²) in [6.45, 7) is 6.03.